The monoisotopic (exact) mass is 305 g/mol. The molecule has 0 amide bonds. The second-order valence-electron chi connectivity index (χ2n) is 3.95. The number of hydrogen-bond acceptors (Lipinski definition) is 4. The predicted octanol–water partition coefficient (Wildman–Crippen LogP) is 1.71. The standard InChI is InChI=1S/C12H16ClNO4S/c1-18-12(15)6-3-7-19(16,17)14-9-10-4-2-5-11(13)8-10/h2,4-5,8,14H,3,6-7,9H2,1H3. The number of carbonyl (C=O) groups excluding carboxylic acids is 1. The predicted molar refractivity (Wildman–Crippen MR) is 73.3 cm³/mol. The topological polar surface area (TPSA) is 72.5 Å². The third kappa shape index (κ3) is 6.56. The Morgan fingerprint density at radius 3 is 2.79 bits per heavy atom. The average molecular weight is 306 g/mol. The van der Waals surface area contributed by atoms with Gasteiger partial charge in [0.05, 0.1) is 12.9 Å². The lowest BCUT2D eigenvalue weighted by Crippen LogP contribution is -2.26. The van der Waals surface area contributed by atoms with E-state index in [1.807, 2.05) is 0 Å². The SMILES string of the molecule is COC(=O)CCCS(=O)(=O)NCc1cccc(Cl)c1. The summed E-state index contributed by atoms with van der Waals surface area (Å²) >= 11 is 5.80. The molecule has 1 aromatic rings. The van der Waals surface area contributed by atoms with Crippen LogP contribution in [0.4, 0.5) is 0 Å². The molecule has 0 saturated carbocycles. The molecule has 0 fully saturated rings. The fourth-order valence-electron chi connectivity index (χ4n) is 1.42. The van der Waals surface area contributed by atoms with Crippen molar-refractivity contribution in [2.45, 2.75) is 19.4 Å². The number of halogens is 1. The van der Waals surface area contributed by atoms with Gasteiger partial charge in [0.2, 0.25) is 10.0 Å². The summed E-state index contributed by atoms with van der Waals surface area (Å²) in [7, 11) is -2.13. The van der Waals surface area contributed by atoms with Crippen LogP contribution in [0.15, 0.2) is 24.3 Å². The van der Waals surface area contributed by atoms with E-state index in [-0.39, 0.29) is 25.1 Å². The summed E-state index contributed by atoms with van der Waals surface area (Å²) in [6.07, 6.45) is 0.326. The van der Waals surface area contributed by atoms with Gasteiger partial charge in [-0.05, 0) is 24.1 Å². The highest BCUT2D eigenvalue weighted by Crippen LogP contribution is 2.10. The first-order chi connectivity index (χ1) is 8.93. The largest absolute Gasteiger partial charge is 0.469 e. The number of sulfonamides is 1. The summed E-state index contributed by atoms with van der Waals surface area (Å²) < 4.78 is 30.2. The van der Waals surface area contributed by atoms with E-state index in [4.69, 9.17) is 11.6 Å². The third-order valence-electron chi connectivity index (χ3n) is 2.41. The van der Waals surface area contributed by atoms with Crippen molar-refractivity contribution in [3.8, 4) is 0 Å². The first kappa shape index (κ1) is 15.9. The zero-order valence-electron chi connectivity index (χ0n) is 10.6. The molecule has 0 atom stereocenters. The van der Waals surface area contributed by atoms with E-state index in [0.29, 0.717) is 5.02 Å². The van der Waals surface area contributed by atoms with Gasteiger partial charge in [-0.15, -0.1) is 0 Å². The summed E-state index contributed by atoms with van der Waals surface area (Å²) in [4.78, 5) is 10.9. The molecule has 0 aromatic heterocycles. The minimum Gasteiger partial charge on any atom is -0.469 e. The van der Waals surface area contributed by atoms with Crippen molar-refractivity contribution >= 4 is 27.6 Å². The summed E-state index contributed by atoms with van der Waals surface area (Å²) in [5.41, 5.74) is 0.782. The van der Waals surface area contributed by atoms with Gasteiger partial charge in [0.25, 0.3) is 0 Å². The molecule has 0 unspecified atom stereocenters. The van der Waals surface area contributed by atoms with Crippen LogP contribution in [-0.4, -0.2) is 27.2 Å². The van der Waals surface area contributed by atoms with E-state index in [2.05, 4.69) is 9.46 Å². The van der Waals surface area contributed by atoms with Crippen LogP contribution in [-0.2, 0) is 26.1 Å². The molecule has 106 valence electrons. The van der Waals surface area contributed by atoms with Crippen molar-refractivity contribution < 1.29 is 17.9 Å². The van der Waals surface area contributed by atoms with Gasteiger partial charge in [0.1, 0.15) is 0 Å². The zero-order valence-corrected chi connectivity index (χ0v) is 12.1. The van der Waals surface area contributed by atoms with Crippen molar-refractivity contribution in [3.63, 3.8) is 0 Å². The lowest BCUT2D eigenvalue weighted by atomic mass is 10.2. The molecular formula is C12H16ClNO4S. The second-order valence-corrected chi connectivity index (χ2v) is 6.31. The third-order valence-corrected chi connectivity index (χ3v) is 4.05. The molecule has 1 rings (SSSR count). The summed E-state index contributed by atoms with van der Waals surface area (Å²) in [6, 6.07) is 6.94. The van der Waals surface area contributed by atoms with Gasteiger partial charge in [-0.3, -0.25) is 4.79 Å². The summed E-state index contributed by atoms with van der Waals surface area (Å²) in [5.74, 6) is -0.520. The fourth-order valence-corrected chi connectivity index (χ4v) is 2.69. The molecule has 19 heavy (non-hydrogen) atoms. The molecule has 0 heterocycles. The summed E-state index contributed by atoms with van der Waals surface area (Å²) in [6.45, 7) is 0.182. The van der Waals surface area contributed by atoms with Crippen LogP contribution in [0.2, 0.25) is 5.02 Å². The zero-order chi connectivity index (χ0) is 14.3. The highest BCUT2D eigenvalue weighted by Gasteiger charge is 2.11. The number of nitrogens with one attached hydrogen (secondary N) is 1. The van der Waals surface area contributed by atoms with E-state index in [1.54, 1.807) is 24.3 Å². The molecule has 0 bridgehead atoms. The highest BCUT2D eigenvalue weighted by molar-refractivity contribution is 7.89. The minimum atomic E-state index is -3.40. The number of methoxy groups -OCH3 is 1. The molecule has 1 aromatic carbocycles. The van der Waals surface area contributed by atoms with Crippen LogP contribution in [0, 0.1) is 0 Å². The molecule has 0 radical (unpaired) electrons. The maximum Gasteiger partial charge on any atom is 0.305 e. The number of rotatable bonds is 7. The van der Waals surface area contributed by atoms with Crippen molar-refractivity contribution in [2.24, 2.45) is 0 Å². The molecule has 0 saturated heterocycles. The molecule has 1 N–H and O–H groups in total. The Hall–Kier alpha value is -1.11. The molecule has 0 spiro atoms. The maximum atomic E-state index is 11.7. The van der Waals surface area contributed by atoms with Crippen LogP contribution >= 0.6 is 11.6 Å². The van der Waals surface area contributed by atoms with Gasteiger partial charge in [0, 0.05) is 18.0 Å². The van der Waals surface area contributed by atoms with E-state index in [1.165, 1.54) is 7.11 Å². The highest BCUT2D eigenvalue weighted by atomic mass is 35.5. The molecule has 0 aliphatic heterocycles. The Labute approximate surface area is 118 Å². The average Bonchev–Trinajstić information content (AvgIpc) is 2.36. The Balaban J connectivity index is 2.40. The van der Waals surface area contributed by atoms with Gasteiger partial charge < -0.3 is 4.74 Å². The van der Waals surface area contributed by atoms with Crippen molar-refractivity contribution in [1.29, 1.82) is 0 Å². The van der Waals surface area contributed by atoms with Crippen LogP contribution in [0.25, 0.3) is 0 Å². The van der Waals surface area contributed by atoms with Gasteiger partial charge in [-0.2, -0.15) is 0 Å². The Kier molecular flexibility index (Phi) is 6.27. The van der Waals surface area contributed by atoms with Gasteiger partial charge in [-0.1, -0.05) is 23.7 Å². The van der Waals surface area contributed by atoms with Gasteiger partial charge >= 0.3 is 5.97 Å². The maximum absolute atomic E-state index is 11.7. The van der Waals surface area contributed by atoms with E-state index in [0.717, 1.165) is 5.56 Å². The summed E-state index contributed by atoms with van der Waals surface area (Å²) in [5, 5.41) is 0.558. The van der Waals surface area contributed by atoms with Crippen molar-refractivity contribution in [3.05, 3.63) is 34.9 Å². The lowest BCUT2D eigenvalue weighted by molar-refractivity contribution is -0.140. The van der Waals surface area contributed by atoms with Crippen molar-refractivity contribution in [2.75, 3.05) is 12.9 Å². The minimum absolute atomic E-state index is 0.0918. The fraction of sp³-hybridized carbons (Fsp3) is 0.417. The number of ether oxygens (including phenoxy) is 1. The van der Waals surface area contributed by atoms with Gasteiger partial charge in [-0.25, -0.2) is 13.1 Å². The van der Waals surface area contributed by atoms with E-state index < -0.39 is 16.0 Å². The van der Waals surface area contributed by atoms with Crippen LogP contribution in [0.1, 0.15) is 18.4 Å². The number of benzene rings is 1. The van der Waals surface area contributed by atoms with Crippen LogP contribution in [0.3, 0.4) is 0 Å². The quantitative estimate of drug-likeness (QED) is 0.778. The Bertz CT molecular complexity index is 530. The smallest absolute Gasteiger partial charge is 0.305 e. The molecule has 7 heteroatoms. The van der Waals surface area contributed by atoms with Crippen LogP contribution < -0.4 is 4.72 Å². The molecular weight excluding hydrogens is 290 g/mol. The normalized spacial score (nSPS) is 11.3. The Morgan fingerprint density at radius 1 is 1.42 bits per heavy atom. The van der Waals surface area contributed by atoms with Crippen molar-refractivity contribution in [1.82, 2.24) is 4.72 Å². The van der Waals surface area contributed by atoms with Gasteiger partial charge in [0.15, 0.2) is 0 Å². The lowest BCUT2D eigenvalue weighted by Gasteiger charge is -2.06. The molecule has 0 aliphatic rings. The van der Waals surface area contributed by atoms with E-state index >= 15 is 0 Å². The molecule has 5 nitrogen and oxygen atoms in total. The number of carbonyl (C=O) groups is 1. The number of hydrogen-bond donors (Lipinski definition) is 1. The first-order valence-electron chi connectivity index (χ1n) is 5.71. The molecule has 0 aliphatic carbocycles. The number of esters is 1. The second kappa shape index (κ2) is 7.47. The first-order valence-corrected chi connectivity index (χ1v) is 7.74. The van der Waals surface area contributed by atoms with Crippen LogP contribution in [0.5, 0.6) is 0 Å². The van der Waals surface area contributed by atoms with E-state index in [9.17, 15) is 13.2 Å². The Morgan fingerprint density at radius 2 is 2.16 bits per heavy atom.